The van der Waals surface area contributed by atoms with Gasteiger partial charge in [0.1, 0.15) is 0 Å². The van der Waals surface area contributed by atoms with Gasteiger partial charge in [-0.2, -0.15) is 0 Å². The van der Waals surface area contributed by atoms with E-state index >= 15 is 0 Å². The van der Waals surface area contributed by atoms with E-state index < -0.39 is 0 Å². The normalized spacial score (nSPS) is 11.2. The molecule has 0 aliphatic carbocycles. The number of carbonyl (C=O) groups is 2. The summed E-state index contributed by atoms with van der Waals surface area (Å²) in [7, 11) is 0. The number of hydrogen-bond donors (Lipinski definition) is 0. The molecule has 60 heavy (non-hydrogen) atoms. The minimum Gasteiger partial charge on any atom is -0.463 e. The van der Waals surface area contributed by atoms with E-state index in [-0.39, 0.29) is 11.9 Å². The predicted octanol–water partition coefficient (Wildman–Crippen LogP) is 15.7. The van der Waals surface area contributed by atoms with Crippen molar-refractivity contribution in [3.05, 3.63) is 133 Å². The summed E-state index contributed by atoms with van der Waals surface area (Å²) in [6.45, 7) is 7.88. The molecular formula is C56H70O4. The van der Waals surface area contributed by atoms with Gasteiger partial charge in [-0.05, 0) is 106 Å². The molecule has 0 fully saturated rings. The highest BCUT2D eigenvalue weighted by Gasteiger charge is 2.10. The van der Waals surface area contributed by atoms with Gasteiger partial charge in [0, 0.05) is 12.2 Å². The third kappa shape index (κ3) is 15.9. The first-order valence-electron chi connectivity index (χ1n) is 23.3. The number of unbranched alkanes of at least 4 members (excludes halogenated alkanes) is 18. The summed E-state index contributed by atoms with van der Waals surface area (Å²) in [4.78, 5) is 22.2. The molecule has 0 amide bonds. The van der Waals surface area contributed by atoms with Crippen LogP contribution in [0.25, 0.3) is 43.8 Å². The van der Waals surface area contributed by atoms with E-state index in [0.717, 1.165) is 38.5 Å². The van der Waals surface area contributed by atoms with Gasteiger partial charge in [-0.1, -0.05) is 201 Å². The number of aryl methyl sites for hydroxylation is 2. The monoisotopic (exact) mass is 807 g/mol. The van der Waals surface area contributed by atoms with Crippen molar-refractivity contribution in [3.8, 4) is 22.3 Å². The third-order valence-corrected chi connectivity index (χ3v) is 12.0. The lowest BCUT2D eigenvalue weighted by Crippen LogP contribution is -2.01. The molecule has 0 saturated carbocycles. The highest BCUT2D eigenvalue weighted by Crippen LogP contribution is 2.36. The quantitative estimate of drug-likeness (QED) is 0.0201. The van der Waals surface area contributed by atoms with Crippen LogP contribution in [0.5, 0.6) is 0 Å². The fourth-order valence-electron chi connectivity index (χ4n) is 8.41. The Hall–Kier alpha value is -4.96. The minimum absolute atomic E-state index is 0.318. The summed E-state index contributed by atoms with van der Waals surface area (Å²) >= 11 is 0. The van der Waals surface area contributed by atoms with Crippen molar-refractivity contribution in [3.63, 3.8) is 0 Å². The maximum atomic E-state index is 11.1. The van der Waals surface area contributed by atoms with Crippen molar-refractivity contribution >= 4 is 33.5 Å². The standard InChI is InChI=1S/C56H70O4/c1-3-55(57)59-41-23-19-15-11-7-5-9-13-17-21-27-45-33-37-47(38-34-45)51-31-25-29-49-44-54-50(43-53(49)51)30-26-32-52(54)48-39-35-46(36-40-48)28-22-18-14-10-6-8-12-16-20-24-42-60-56(58)4-2/h3-4,25-26,29-40,43-44H,1-2,5-24,27-28,41-42H2. The molecule has 0 saturated heterocycles. The first-order valence-corrected chi connectivity index (χ1v) is 23.3. The van der Waals surface area contributed by atoms with Gasteiger partial charge in [0.05, 0.1) is 13.2 Å². The Morgan fingerprint density at radius 1 is 0.400 bits per heavy atom. The highest BCUT2D eigenvalue weighted by molar-refractivity contribution is 6.09. The second-order valence-corrected chi connectivity index (χ2v) is 16.6. The highest BCUT2D eigenvalue weighted by atomic mass is 16.5. The van der Waals surface area contributed by atoms with Gasteiger partial charge in [0.25, 0.3) is 0 Å². The lowest BCUT2D eigenvalue weighted by atomic mass is 9.91. The summed E-state index contributed by atoms with van der Waals surface area (Å²) in [5, 5.41) is 5.17. The molecule has 0 spiro atoms. The first-order chi connectivity index (χ1) is 29.6. The van der Waals surface area contributed by atoms with Crippen LogP contribution in [0, 0.1) is 0 Å². The summed E-state index contributed by atoms with van der Waals surface area (Å²) in [6.07, 6.45) is 29.5. The van der Waals surface area contributed by atoms with Crippen LogP contribution in [-0.4, -0.2) is 25.2 Å². The van der Waals surface area contributed by atoms with Gasteiger partial charge in [0.15, 0.2) is 0 Å². The van der Waals surface area contributed by atoms with Crippen LogP contribution in [0.1, 0.15) is 140 Å². The summed E-state index contributed by atoms with van der Waals surface area (Å²) < 4.78 is 10.1. The lowest BCUT2D eigenvalue weighted by molar-refractivity contribution is -0.138. The van der Waals surface area contributed by atoms with Gasteiger partial charge in [-0.15, -0.1) is 0 Å². The molecule has 0 radical (unpaired) electrons. The molecule has 5 rings (SSSR count). The molecule has 0 atom stereocenters. The fourth-order valence-corrected chi connectivity index (χ4v) is 8.41. The Labute approximate surface area is 361 Å². The molecule has 0 aromatic heterocycles. The van der Waals surface area contributed by atoms with Crippen molar-refractivity contribution in [2.75, 3.05) is 13.2 Å². The third-order valence-electron chi connectivity index (χ3n) is 12.0. The molecule has 0 aliphatic rings. The molecule has 4 nitrogen and oxygen atoms in total. The molecule has 0 heterocycles. The number of esters is 2. The molecule has 4 heteroatoms. The number of benzene rings is 5. The average Bonchev–Trinajstić information content (AvgIpc) is 3.28. The Kier molecular flexibility index (Phi) is 20.7. The van der Waals surface area contributed by atoms with Crippen molar-refractivity contribution in [1.29, 1.82) is 0 Å². The topological polar surface area (TPSA) is 52.6 Å². The minimum atomic E-state index is -0.318. The Morgan fingerprint density at radius 3 is 1.05 bits per heavy atom. The van der Waals surface area contributed by atoms with Gasteiger partial charge >= 0.3 is 11.9 Å². The Bertz CT molecular complexity index is 1890. The van der Waals surface area contributed by atoms with Gasteiger partial charge < -0.3 is 9.47 Å². The second kappa shape index (κ2) is 27.0. The van der Waals surface area contributed by atoms with E-state index in [9.17, 15) is 9.59 Å². The zero-order valence-corrected chi connectivity index (χ0v) is 36.4. The molecule has 0 bridgehead atoms. The van der Waals surface area contributed by atoms with Gasteiger partial charge in [0.2, 0.25) is 0 Å². The molecule has 0 N–H and O–H groups in total. The van der Waals surface area contributed by atoms with E-state index in [4.69, 9.17) is 9.47 Å². The van der Waals surface area contributed by atoms with Crippen LogP contribution in [0.4, 0.5) is 0 Å². The van der Waals surface area contributed by atoms with Crippen molar-refractivity contribution in [2.45, 2.75) is 141 Å². The maximum absolute atomic E-state index is 11.1. The fraction of sp³-hybridized carbons (Fsp3) is 0.429. The first kappa shape index (κ1) is 46.1. The predicted molar refractivity (Wildman–Crippen MR) is 254 cm³/mol. The lowest BCUT2D eigenvalue weighted by Gasteiger charge is -2.13. The van der Waals surface area contributed by atoms with Crippen LogP contribution < -0.4 is 0 Å². The van der Waals surface area contributed by atoms with Crippen LogP contribution in [0.2, 0.25) is 0 Å². The second-order valence-electron chi connectivity index (χ2n) is 16.6. The van der Waals surface area contributed by atoms with E-state index in [1.807, 2.05) is 0 Å². The zero-order valence-electron chi connectivity index (χ0n) is 36.4. The van der Waals surface area contributed by atoms with Crippen molar-refractivity contribution in [1.82, 2.24) is 0 Å². The Balaban J connectivity index is 1.01. The number of hydrogen-bond acceptors (Lipinski definition) is 4. The van der Waals surface area contributed by atoms with Crippen LogP contribution in [0.3, 0.4) is 0 Å². The molecule has 318 valence electrons. The van der Waals surface area contributed by atoms with Crippen LogP contribution >= 0.6 is 0 Å². The van der Waals surface area contributed by atoms with Crippen molar-refractivity contribution in [2.24, 2.45) is 0 Å². The number of rotatable bonds is 30. The molecule has 0 aliphatic heterocycles. The van der Waals surface area contributed by atoms with E-state index in [1.54, 1.807) is 0 Å². The van der Waals surface area contributed by atoms with Gasteiger partial charge in [-0.25, -0.2) is 9.59 Å². The van der Waals surface area contributed by atoms with Crippen molar-refractivity contribution < 1.29 is 19.1 Å². The Morgan fingerprint density at radius 2 is 0.717 bits per heavy atom. The average molecular weight is 807 g/mol. The van der Waals surface area contributed by atoms with Crippen LogP contribution in [-0.2, 0) is 31.9 Å². The van der Waals surface area contributed by atoms with E-state index in [1.165, 1.54) is 170 Å². The number of fused-ring (bicyclic) bond motifs is 2. The largest absolute Gasteiger partial charge is 0.463 e. The number of carbonyl (C=O) groups excluding carboxylic acids is 2. The molecule has 0 unspecified atom stereocenters. The number of ether oxygens (including phenoxy) is 2. The van der Waals surface area contributed by atoms with E-state index in [2.05, 4.69) is 110 Å². The summed E-state index contributed by atoms with van der Waals surface area (Å²) in [5.41, 5.74) is 8.01. The van der Waals surface area contributed by atoms with E-state index in [0.29, 0.717) is 13.2 Å². The molecular weight excluding hydrogens is 737 g/mol. The smallest absolute Gasteiger partial charge is 0.330 e. The summed E-state index contributed by atoms with van der Waals surface area (Å²) in [6, 6.07) is 36.8. The zero-order chi connectivity index (χ0) is 42.0. The van der Waals surface area contributed by atoms with Crippen LogP contribution in [0.15, 0.2) is 122 Å². The molecule has 5 aromatic rings. The summed E-state index contributed by atoms with van der Waals surface area (Å²) in [5.74, 6) is -0.635. The maximum Gasteiger partial charge on any atom is 0.330 e. The SMILES string of the molecule is C=CC(=O)OCCCCCCCCCCCCc1ccc(-c2cccc3cc4c(-c5ccc(CCCCCCCCCCCCOC(=O)C=C)cc5)cccc4cc23)cc1. The van der Waals surface area contributed by atoms with Gasteiger partial charge in [-0.3, -0.25) is 0 Å². The molecule has 5 aromatic carbocycles.